The van der Waals surface area contributed by atoms with Crippen LogP contribution in [0.4, 0.5) is 0 Å². The molecule has 3 fully saturated rings. The van der Waals surface area contributed by atoms with Crippen molar-refractivity contribution >= 4 is 0 Å². The van der Waals surface area contributed by atoms with Gasteiger partial charge in [-0.05, 0) is 30.7 Å². The molecule has 1 saturated heterocycles. The Labute approximate surface area is 54.3 Å². The zero-order chi connectivity index (χ0) is 6.01. The molecule has 2 N–H and O–H groups in total. The second-order valence-electron chi connectivity index (χ2n) is 3.66. The van der Waals surface area contributed by atoms with E-state index in [-0.39, 0.29) is 6.10 Å². The van der Waals surface area contributed by atoms with Gasteiger partial charge in [-0.1, -0.05) is 0 Å². The first-order chi connectivity index (χ1) is 4.38. The molecule has 2 aliphatic carbocycles. The summed E-state index contributed by atoms with van der Waals surface area (Å²) in [7, 11) is 0. The molecule has 0 aromatic carbocycles. The molecule has 0 aromatic rings. The maximum Gasteiger partial charge on any atom is 0.0727 e. The summed E-state index contributed by atoms with van der Waals surface area (Å²) in [4.78, 5) is 0. The van der Waals surface area contributed by atoms with Gasteiger partial charge >= 0.3 is 0 Å². The highest BCUT2D eigenvalue weighted by molar-refractivity contribution is 5.16. The van der Waals surface area contributed by atoms with Crippen LogP contribution in [0.15, 0.2) is 0 Å². The van der Waals surface area contributed by atoms with Crippen LogP contribution in [0.25, 0.3) is 0 Å². The van der Waals surface area contributed by atoms with Crippen molar-refractivity contribution in [3.63, 3.8) is 0 Å². The summed E-state index contributed by atoms with van der Waals surface area (Å²) in [5.41, 5.74) is 0. The molecule has 3 unspecified atom stereocenters. The van der Waals surface area contributed by atoms with E-state index in [0.29, 0.717) is 12.0 Å². The minimum absolute atomic E-state index is 0.00810. The first-order valence-corrected chi connectivity index (χ1v) is 3.79. The second-order valence-corrected chi connectivity index (χ2v) is 3.66. The maximum absolute atomic E-state index is 9.36. The van der Waals surface area contributed by atoms with Crippen LogP contribution < -0.4 is 5.32 Å². The largest absolute Gasteiger partial charge is 0.391 e. The van der Waals surface area contributed by atoms with Crippen LogP contribution in [0.1, 0.15) is 6.42 Å². The van der Waals surface area contributed by atoms with E-state index < -0.39 is 0 Å². The Balaban J connectivity index is 1.93. The number of nitrogens with one attached hydrogen (secondary N) is 1. The van der Waals surface area contributed by atoms with Crippen molar-refractivity contribution in [3.05, 3.63) is 0 Å². The zero-order valence-electron chi connectivity index (χ0n) is 5.25. The Morgan fingerprint density at radius 3 is 3.11 bits per heavy atom. The van der Waals surface area contributed by atoms with Gasteiger partial charge in [-0.25, -0.2) is 0 Å². The first kappa shape index (κ1) is 4.69. The lowest BCUT2D eigenvalue weighted by molar-refractivity contribution is -0.129. The van der Waals surface area contributed by atoms with Gasteiger partial charge in [0.15, 0.2) is 0 Å². The topological polar surface area (TPSA) is 32.3 Å². The van der Waals surface area contributed by atoms with Gasteiger partial charge in [0.2, 0.25) is 0 Å². The monoisotopic (exact) mass is 125 g/mol. The van der Waals surface area contributed by atoms with Gasteiger partial charge in [0.1, 0.15) is 0 Å². The van der Waals surface area contributed by atoms with Crippen LogP contribution in [0.3, 0.4) is 0 Å². The fraction of sp³-hybridized carbons (Fsp3) is 1.00. The number of aliphatic hydroxyl groups is 1. The summed E-state index contributed by atoms with van der Waals surface area (Å²) >= 11 is 0. The van der Waals surface area contributed by atoms with E-state index in [0.717, 1.165) is 11.8 Å². The molecule has 2 nitrogen and oxygen atoms in total. The van der Waals surface area contributed by atoms with E-state index in [4.69, 9.17) is 0 Å². The lowest BCUT2D eigenvalue weighted by atomic mass is 9.51. The Morgan fingerprint density at radius 2 is 2.33 bits per heavy atom. The van der Waals surface area contributed by atoms with E-state index in [1.165, 1.54) is 13.0 Å². The fourth-order valence-corrected chi connectivity index (χ4v) is 2.86. The van der Waals surface area contributed by atoms with Crippen molar-refractivity contribution in [1.29, 1.82) is 0 Å². The van der Waals surface area contributed by atoms with Crippen molar-refractivity contribution in [1.82, 2.24) is 5.32 Å². The highest BCUT2D eigenvalue weighted by Gasteiger charge is 2.63. The van der Waals surface area contributed by atoms with Crippen molar-refractivity contribution in [2.45, 2.75) is 18.6 Å². The van der Waals surface area contributed by atoms with Crippen molar-refractivity contribution in [2.75, 3.05) is 6.54 Å². The predicted octanol–water partition coefficient (Wildman–Crippen LogP) is -0.415. The summed E-state index contributed by atoms with van der Waals surface area (Å²) in [6.07, 6.45) is 1.30. The molecule has 2 heteroatoms. The number of aliphatic hydroxyl groups excluding tert-OH is 1. The molecule has 3 aliphatic rings. The van der Waals surface area contributed by atoms with Crippen molar-refractivity contribution < 1.29 is 5.11 Å². The highest BCUT2D eigenvalue weighted by atomic mass is 16.3. The third kappa shape index (κ3) is 0.332. The molecule has 0 aromatic heterocycles. The van der Waals surface area contributed by atoms with E-state index in [1.807, 2.05) is 0 Å². The summed E-state index contributed by atoms with van der Waals surface area (Å²) in [5.74, 6) is 2.50. The molecule has 1 aliphatic heterocycles. The molecule has 9 heavy (non-hydrogen) atoms. The number of hydrogen-bond donors (Lipinski definition) is 2. The van der Waals surface area contributed by atoms with Crippen LogP contribution in [-0.4, -0.2) is 23.8 Å². The van der Waals surface area contributed by atoms with Gasteiger partial charge in [-0.3, -0.25) is 0 Å². The Kier molecular flexibility index (Phi) is 0.616. The Bertz CT molecular complexity index is 155. The minimum Gasteiger partial charge on any atom is -0.391 e. The molecule has 3 rings (SSSR count). The zero-order valence-corrected chi connectivity index (χ0v) is 5.25. The van der Waals surface area contributed by atoms with E-state index in [1.54, 1.807) is 0 Å². The molecule has 5 atom stereocenters. The quantitative estimate of drug-likeness (QED) is 0.461. The average molecular weight is 125 g/mol. The van der Waals surface area contributed by atoms with Crippen LogP contribution in [0.5, 0.6) is 0 Å². The smallest absolute Gasteiger partial charge is 0.0727 e. The van der Waals surface area contributed by atoms with Gasteiger partial charge < -0.3 is 10.4 Å². The summed E-state index contributed by atoms with van der Waals surface area (Å²) in [5, 5.41) is 12.7. The van der Waals surface area contributed by atoms with E-state index >= 15 is 0 Å². The van der Waals surface area contributed by atoms with Gasteiger partial charge in [0.05, 0.1) is 6.10 Å². The second kappa shape index (κ2) is 1.18. The summed E-state index contributed by atoms with van der Waals surface area (Å²) < 4.78 is 0. The molecule has 2 saturated carbocycles. The molecule has 0 radical (unpaired) electrons. The Hall–Kier alpha value is -0.0800. The Morgan fingerprint density at radius 1 is 1.44 bits per heavy atom. The van der Waals surface area contributed by atoms with Crippen LogP contribution in [-0.2, 0) is 0 Å². The summed E-state index contributed by atoms with van der Waals surface area (Å²) in [6.45, 7) is 1.17. The molecule has 0 spiro atoms. The first-order valence-electron chi connectivity index (χ1n) is 3.79. The molecule has 0 amide bonds. The normalized spacial score (nSPS) is 68.3. The minimum atomic E-state index is 0.00810. The predicted molar refractivity (Wildman–Crippen MR) is 32.9 cm³/mol. The average Bonchev–Trinajstić information content (AvgIpc) is 1.93. The van der Waals surface area contributed by atoms with Crippen molar-refractivity contribution in [3.8, 4) is 0 Å². The van der Waals surface area contributed by atoms with Gasteiger partial charge in [-0.15, -0.1) is 0 Å². The van der Waals surface area contributed by atoms with Gasteiger partial charge in [0.25, 0.3) is 0 Å². The van der Waals surface area contributed by atoms with E-state index in [9.17, 15) is 5.11 Å². The standard InChI is InChI=1S/C7H11NO/c9-7-4-1-3-2-8-6(7)5(3)4/h3-9H,1-2H2/t3?,4?,5-,6?,7-/m0/s1. The molecular weight excluding hydrogens is 114 g/mol. The molecule has 50 valence electrons. The lowest BCUT2D eigenvalue weighted by Crippen LogP contribution is -2.63. The summed E-state index contributed by atoms with van der Waals surface area (Å²) in [6, 6.07) is 0.494. The molecular formula is C7H11NO. The van der Waals surface area contributed by atoms with Gasteiger partial charge in [-0.2, -0.15) is 0 Å². The van der Waals surface area contributed by atoms with Gasteiger partial charge in [0, 0.05) is 6.04 Å². The third-order valence-electron chi connectivity index (χ3n) is 3.45. The number of hydrogen-bond acceptors (Lipinski definition) is 2. The van der Waals surface area contributed by atoms with Crippen LogP contribution in [0.2, 0.25) is 0 Å². The highest BCUT2D eigenvalue weighted by Crippen LogP contribution is 2.57. The van der Waals surface area contributed by atoms with E-state index in [2.05, 4.69) is 5.32 Å². The molecule has 0 bridgehead atoms. The molecule has 1 heterocycles. The number of rotatable bonds is 0. The third-order valence-corrected chi connectivity index (χ3v) is 3.45. The van der Waals surface area contributed by atoms with Crippen molar-refractivity contribution in [2.24, 2.45) is 17.8 Å². The van der Waals surface area contributed by atoms with Crippen LogP contribution >= 0.6 is 0 Å². The maximum atomic E-state index is 9.36. The fourth-order valence-electron chi connectivity index (χ4n) is 2.86. The van der Waals surface area contributed by atoms with Crippen LogP contribution in [0, 0.1) is 17.8 Å². The lowest BCUT2D eigenvalue weighted by Gasteiger charge is -2.55. The SMILES string of the molecule is O[C@H]1C2CC3CNC1[C@@H]32.